The van der Waals surface area contributed by atoms with Crippen molar-refractivity contribution in [3.8, 4) is 34.0 Å². The summed E-state index contributed by atoms with van der Waals surface area (Å²) in [5, 5.41) is 12.0. The van der Waals surface area contributed by atoms with Gasteiger partial charge >= 0.3 is 0 Å². The van der Waals surface area contributed by atoms with E-state index in [1.54, 1.807) is 11.3 Å². The second-order valence-corrected chi connectivity index (χ2v) is 17.9. The van der Waals surface area contributed by atoms with E-state index < -0.39 is 0 Å². The van der Waals surface area contributed by atoms with Crippen molar-refractivity contribution < 1.29 is 0 Å². The number of fused-ring (bicyclic) bond motifs is 16. The third kappa shape index (κ3) is 4.51. The Morgan fingerprint density at radius 3 is 1.78 bits per heavy atom. The molecular weight excluding hydrogens is 799 g/mol. The summed E-state index contributed by atoms with van der Waals surface area (Å²) in [6.45, 7) is 0. The van der Waals surface area contributed by atoms with Gasteiger partial charge in [-0.15, -0.1) is 11.3 Å². The average molecular weight is 832 g/mol. The van der Waals surface area contributed by atoms with Crippen molar-refractivity contribution in [2.45, 2.75) is 0 Å². The maximum absolute atomic E-state index is 5.77. The molecule has 5 nitrogen and oxygen atoms in total. The first kappa shape index (κ1) is 34.3. The van der Waals surface area contributed by atoms with E-state index in [0.29, 0.717) is 5.95 Å². The van der Waals surface area contributed by atoms with Crippen molar-refractivity contribution in [2.24, 2.45) is 0 Å². The molecule has 6 heteroatoms. The van der Waals surface area contributed by atoms with Crippen LogP contribution in [-0.4, -0.2) is 23.5 Å². The van der Waals surface area contributed by atoms with Crippen LogP contribution in [0.1, 0.15) is 0 Å². The van der Waals surface area contributed by atoms with Crippen molar-refractivity contribution in [3.05, 3.63) is 200 Å². The van der Waals surface area contributed by atoms with E-state index in [-0.39, 0.29) is 0 Å². The highest BCUT2D eigenvalue weighted by molar-refractivity contribution is 7.25. The zero-order valence-corrected chi connectivity index (χ0v) is 35.0. The van der Waals surface area contributed by atoms with Crippen molar-refractivity contribution in [1.29, 1.82) is 0 Å². The van der Waals surface area contributed by atoms with Crippen molar-refractivity contribution in [1.82, 2.24) is 23.5 Å². The number of rotatable bonds is 4. The summed E-state index contributed by atoms with van der Waals surface area (Å²) in [5.41, 5.74) is 13.6. The largest absolute Gasteiger partial charge is 0.309 e. The molecule has 0 amide bonds. The van der Waals surface area contributed by atoms with Crippen molar-refractivity contribution >= 4 is 113 Å². The van der Waals surface area contributed by atoms with Crippen LogP contribution >= 0.6 is 11.3 Å². The molecule has 64 heavy (non-hydrogen) atoms. The molecule has 0 radical (unpaired) electrons. The minimum absolute atomic E-state index is 0.659. The van der Waals surface area contributed by atoms with E-state index in [4.69, 9.17) is 9.97 Å². The first-order valence-electron chi connectivity index (χ1n) is 21.7. The molecule has 15 aromatic rings. The van der Waals surface area contributed by atoms with Crippen molar-refractivity contribution in [3.63, 3.8) is 0 Å². The zero-order chi connectivity index (χ0) is 41.6. The lowest BCUT2D eigenvalue weighted by molar-refractivity contribution is 1.02. The molecule has 0 aliphatic rings. The summed E-state index contributed by atoms with van der Waals surface area (Å²) in [4.78, 5) is 12.3. The molecule has 6 heterocycles. The fourth-order valence-corrected chi connectivity index (χ4v) is 12.0. The molecule has 0 N–H and O–H groups in total. The minimum Gasteiger partial charge on any atom is -0.309 e. The Balaban J connectivity index is 1.10. The predicted molar refractivity (Wildman–Crippen MR) is 269 cm³/mol. The number of aromatic nitrogens is 5. The molecule has 296 valence electrons. The molecule has 0 bridgehead atoms. The van der Waals surface area contributed by atoms with E-state index in [2.05, 4.69) is 214 Å². The minimum atomic E-state index is 0.659. The molecule has 0 aliphatic heterocycles. The molecule has 0 atom stereocenters. The van der Waals surface area contributed by atoms with Crippen LogP contribution in [0.5, 0.6) is 0 Å². The highest BCUT2D eigenvalue weighted by Gasteiger charge is 2.27. The molecule has 0 spiro atoms. The lowest BCUT2D eigenvalue weighted by Gasteiger charge is -2.12. The lowest BCUT2D eigenvalue weighted by atomic mass is 9.99. The van der Waals surface area contributed by atoms with Crippen LogP contribution in [0, 0.1) is 0 Å². The van der Waals surface area contributed by atoms with E-state index in [1.165, 1.54) is 86.4 Å². The summed E-state index contributed by atoms with van der Waals surface area (Å²) in [6.07, 6.45) is 0. The summed E-state index contributed by atoms with van der Waals surface area (Å²) in [6, 6.07) is 72.7. The molecule has 6 aromatic heterocycles. The van der Waals surface area contributed by atoms with E-state index in [1.807, 2.05) is 0 Å². The van der Waals surface area contributed by atoms with Gasteiger partial charge < -0.3 is 8.97 Å². The van der Waals surface area contributed by atoms with Gasteiger partial charge in [0.2, 0.25) is 5.95 Å². The summed E-state index contributed by atoms with van der Waals surface area (Å²) in [5.74, 6) is 0.659. The number of para-hydroxylation sites is 4. The number of nitrogens with zero attached hydrogens (tertiary/aromatic N) is 5. The van der Waals surface area contributed by atoms with E-state index in [9.17, 15) is 0 Å². The molecule has 15 rings (SSSR count). The third-order valence-electron chi connectivity index (χ3n) is 13.6. The van der Waals surface area contributed by atoms with Gasteiger partial charge in [0.25, 0.3) is 0 Å². The van der Waals surface area contributed by atoms with E-state index >= 15 is 0 Å². The fourth-order valence-electron chi connectivity index (χ4n) is 10.9. The van der Waals surface area contributed by atoms with Crippen LogP contribution in [0.15, 0.2) is 200 Å². The SMILES string of the molecule is c1ccc(-c2ccc3c(c2)c2c4c5ccccc5n5c6ccccc6c(cc2n3-c2nc(-c3ccc6c7ccccc7n(-c7ccccc7)c6c3)c3c(n2)sc2ccccc23)c45)cc1. The van der Waals surface area contributed by atoms with Gasteiger partial charge in [0, 0.05) is 69.8 Å². The second-order valence-electron chi connectivity index (χ2n) is 16.9. The zero-order valence-electron chi connectivity index (χ0n) is 34.2. The van der Waals surface area contributed by atoms with Gasteiger partial charge in [-0.1, -0.05) is 140 Å². The van der Waals surface area contributed by atoms with Crippen LogP contribution < -0.4 is 0 Å². The molecule has 0 unspecified atom stereocenters. The Kier molecular flexibility index (Phi) is 6.77. The number of benzene rings is 9. The summed E-state index contributed by atoms with van der Waals surface area (Å²) < 4.78 is 8.40. The van der Waals surface area contributed by atoms with Gasteiger partial charge in [0.1, 0.15) is 4.83 Å². The number of hydrogen-bond donors (Lipinski definition) is 0. The van der Waals surface area contributed by atoms with Gasteiger partial charge in [-0.25, -0.2) is 9.97 Å². The smallest absolute Gasteiger partial charge is 0.236 e. The summed E-state index contributed by atoms with van der Waals surface area (Å²) in [7, 11) is 0. The third-order valence-corrected chi connectivity index (χ3v) is 14.7. The van der Waals surface area contributed by atoms with Crippen molar-refractivity contribution in [2.75, 3.05) is 0 Å². The standard InChI is InChI=1S/C58H33N5S/c1-3-15-34(16-4-1)35-28-30-48-44(31-35)52-50(33-43-39-20-8-12-24-46(39)62-47-25-13-9-21-41(47)53(52)56(43)62)63(48)58-59-55(54-42-22-10-14-26-51(42)64-57(54)60-58)36-27-29-40-38-19-7-11-23-45(38)61(49(40)32-36)37-17-5-2-6-18-37/h1-33H. The highest BCUT2D eigenvalue weighted by atomic mass is 32.1. The van der Waals surface area contributed by atoms with E-state index in [0.717, 1.165) is 43.7 Å². The first-order valence-corrected chi connectivity index (χ1v) is 22.6. The maximum atomic E-state index is 5.77. The molecular formula is C58H33N5S. The van der Waals surface area contributed by atoms with Gasteiger partial charge in [-0.2, -0.15) is 0 Å². The van der Waals surface area contributed by atoms with Crippen LogP contribution in [0.2, 0.25) is 0 Å². The second kappa shape index (κ2) is 12.6. The Bertz CT molecular complexity index is 4420. The highest BCUT2D eigenvalue weighted by Crippen LogP contribution is 2.48. The van der Waals surface area contributed by atoms with Crippen LogP contribution in [0.3, 0.4) is 0 Å². The van der Waals surface area contributed by atoms with Gasteiger partial charge in [-0.3, -0.25) is 4.57 Å². The van der Waals surface area contributed by atoms with Gasteiger partial charge in [0.05, 0.1) is 44.3 Å². The topological polar surface area (TPSA) is 40.0 Å². The predicted octanol–water partition coefficient (Wildman–Crippen LogP) is 15.5. The Morgan fingerprint density at radius 2 is 0.969 bits per heavy atom. The molecule has 0 fully saturated rings. The quantitative estimate of drug-likeness (QED) is 0.177. The van der Waals surface area contributed by atoms with Crippen LogP contribution in [0.25, 0.3) is 136 Å². The fraction of sp³-hybridized carbons (Fsp3) is 0. The van der Waals surface area contributed by atoms with Crippen LogP contribution in [0.4, 0.5) is 0 Å². The molecule has 0 saturated carbocycles. The van der Waals surface area contributed by atoms with Gasteiger partial charge in [-0.05, 0) is 71.8 Å². The lowest BCUT2D eigenvalue weighted by Crippen LogP contribution is -2.03. The molecule has 0 saturated heterocycles. The first-order chi connectivity index (χ1) is 31.8. The maximum Gasteiger partial charge on any atom is 0.236 e. The Morgan fingerprint density at radius 1 is 0.344 bits per heavy atom. The molecule has 9 aromatic carbocycles. The summed E-state index contributed by atoms with van der Waals surface area (Å²) >= 11 is 1.74. The molecule has 0 aliphatic carbocycles. The monoisotopic (exact) mass is 831 g/mol. The van der Waals surface area contributed by atoms with Gasteiger partial charge in [0.15, 0.2) is 0 Å². The van der Waals surface area contributed by atoms with Crippen LogP contribution in [-0.2, 0) is 0 Å². The normalized spacial score (nSPS) is 12.4. The average Bonchev–Trinajstić information content (AvgIpc) is 4.15. The number of hydrogen-bond acceptors (Lipinski definition) is 3. The Labute approximate surface area is 369 Å². The Hall–Kier alpha value is -8.32. The number of thiophene rings is 1.